The van der Waals surface area contributed by atoms with Gasteiger partial charge in [0.05, 0.1) is 10.6 Å². The molecule has 1 atom stereocenters. The molecule has 1 unspecified atom stereocenters. The third-order valence-corrected chi connectivity index (χ3v) is 7.95. The smallest absolute Gasteiger partial charge is 0.407 e. The maximum Gasteiger partial charge on any atom is 0.407 e. The van der Waals surface area contributed by atoms with Crippen LogP contribution in [0.1, 0.15) is 87.7 Å². The van der Waals surface area contributed by atoms with Crippen molar-refractivity contribution in [1.29, 1.82) is 0 Å². The highest BCUT2D eigenvalue weighted by Gasteiger charge is 2.54. The molecule has 2 aliphatic carbocycles. The maximum atomic E-state index is 12.7. The normalized spacial score (nSPS) is 29.3. The predicted octanol–water partition coefficient (Wildman–Crippen LogP) is 4.99. The number of carbonyl (C=O) groups is 2. The largest absolute Gasteiger partial charge is 0.448 e. The van der Waals surface area contributed by atoms with E-state index in [0.717, 1.165) is 49.7 Å². The van der Waals surface area contributed by atoms with Crippen molar-refractivity contribution < 1.29 is 23.8 Å². The molecule has 0 radical (unpaired) electrons. The second-order valence-electron chi connectivity index (χ2n) is 11.2. The Labute approximate surface area is 199 Å². The van der Waals surface area contributed by atoms with E-state index in [1.807, 2.05) is 34.6 Å². The molecule has 7 nitrogen and oxygen atoms in total. The first-order valence-electron chi connectivity index (χ1n) is 11.9. The first-order chi connectivity index (χ1) is 15.4. The molecular formula is C25H33ClN2O5. The summed E-state index contributed by atoms with van der Waals surface area (Å²) in [5, 5.41) is 6.54. The number of ether oxygens (including phenoxy) is 3. The van der Waals surface area contributed by atoms with E-state index in [-0.39, 0.29) is 29.4 Å². The van der Waals surface area contributed by atoms with Crippen LogP contribution in [0.4, 0.5) is 4.79 Å². The molecule has 2 N–H and O–H groups in total. The number of benzene rings is 1. The van der Waals surface area contributed by atoms with Crippen molar-refractivity contribution in [3.05, 3.63) is 21.7 Å². The van der Waals surface area contributed by atoms with Crippen LogP contribution in [0.5, 0.6) is 11.5 Å². The molecule has 2 aliphatic heterocycles. The first kappa shape index (κ1) is 22.6. The Balaban J connectivity index is 1.32. The minimum atomic E-state index is -0.856. The maximum absolute atomic E-state index is 12.7. The van der Waals surface area contributed by atoms with Gasteiger partial charge in [-0.1, -0.05) is 11.6 Å². The Morgan fingerprint density at radius 3 is 2.39 bits per heavy atom. The summed E-state index contributed by atoms with van der Waals surface area (Å²) in [6, 6.07) is 0.0690. The summed E-state index contributed by atoms with van der Waals surface area (Å²) in [7, 11) is 0. The van der Waals surface area contributed by atoms with Crippen LogP contribution in [-0.4, -0.2) is 36.0 Å². The summed E-state index contributed by atoms with van der Waals surface area (Å²) in [5.41, 5.74) is 1.81. The minimum Gasteiger partial charge on any atom is -0.448 e. The first-order valence-corrected chi connectivity index (χ1v) is 12.3. The molecule has 1 aromatic carbocycles. The molecule has 2 amide bonds. The zero-order chi connectivity index (χ0) is 23.8. The number of amides is 2. The van der Waals surface area contributed by atoms with Crippen molar-refractivity contribution in [2.24, 2.45) is 5.92 Å². The molecule has 33 heavy (non-hydrogen) atoms. The van der Waals surface area contributed by atoms with E-state index in [9.17, 15) is 9.59 Å². The Morgan fingerprint density at radius 2 is 1.79 bits per heavy atom. The van der Waals surface area contributed by atoms with Gasteiger partial charge in [0.15, 0.2) is 11.5 Å². The fourth-order valence-electron chi connectivity index (χ4n) is 5.62. The quantitative estimate of drug-likeness (QED) is 0.627. The van der Waals surface area contributed by atoms with Gasteiger partial charge in [-0.15, -0.1) is 0 Å². The molecular weight excluding hydrogens is 444 g/mol. The van der Waals surface area contributed by atoms with Crippen molar-refractivity contribution in [2.45, 2.75) is 96.0 Å². The van der Waals surface area contributed by atoms with Crippen LogP contribution in [0, 0.1) is 12.8 Å². The number of fused-ring (bicyclic) bond motifs is 3. The van der Waals surface area contributed by atoms with Gasteiger partial charge in [0.25, 0.3) is 11.7 Å². The molecule has 0 bridgehead atoms. The van der Waals surface area contributed by atoms with Crippen LogP contribution in [0.25, 0.3) is 0 Å². The zero-order valence-corrected chi connectivity index (χ0v) is 20.8. The Bertz CT molecular complexity index is 1020. The monoisotopic (exact) mass is 476 g/mol. The van der Waals surface area contributed by atoms with Gasteiger partial charge < -0.3 is 24.8 Å². The van der Waals surface area contributed by atoms with Crippen LogP contribution in [0.15, 0.2) is 0 Å². The topological polar surface area (TPSA) is 85.9 Å². The van der Waals surface area contributed by atoms with E-state index in [4.69, 9.17) is 25.8 Å². The summed E-state index contributed by atoms with van der Waals surface area (Å²) in [5.74, 6) is 0.354. The molecule has 2 fully saturated rings. The highest BCUT2D eigenvalue weighted by molar-refractivity contribution is 6.34. The average Bonchev–Trinajstić information content (AvgIpc) is 3.40. The molecule has 0 saturated heterocycles. The lowest BCUT2D eigenvalue weighted by molar-refractivity contribution is -0.121. The van der Waals surface area contributed by atoms with E-state index in [2.05, 4.69) is 10.6 Å². The fraction of sp³-hybridized carbons (Fsp3) is 0.680. The van der Waals surface area contributed by atoms with Crippen LogP contribution >= 0.6 is 11.6 Å². The van der Waals surface area contributed by atoms with Gasteiger partial charge in [-0.3, -0.25) is 4.79 Å². The summed E-state index contributed by atoms with van der Waals surface area (Å²) in [4.78, 5) is 24.9. The third-order valence-electron chi connectivity index (χ3n) is 7.59. The van der Waals surface area contributed by atoms with Crippen molar-refractivity contribution in [3.8, 4) is 11.5 Å². The SMILES string of the molecule is Cc1c2c(c(Cl)c3c1C(=O)NCC31CC1)OC(C)(C1CCC(NC(=O)OC(C)(C)C)CC1)O2. The second-order valence-corrected chi connectivity index (χ2v) is 11.6. The Hall–Kier alpha value is -2.15. The second kappa shape index (κ2) is 7.42. The number of rotatable bonds is 2. The molecule has 0 aromatic heterocycles. The number of alkyl carbamates (subject to hydrolysis) is 1. The summed E-state index contributed by atoms with van der Waals surface area (Å²) >= 11 is 6.89. The van der Waals surface area contributed by atoms with Gasteiger partial charge in [-0.25, -0.2) is 4.79 Å². The molecule has 180 valence electrons. The van der Waals surface area contributed by atoms with E-state index in [1.165, 1.54) is 0 Å². The van der Waals surface area contributed by atoms with Gasteiger partial charge in [0.2, 0.25) is 0 Å². The number of carbonyl (C=O) groups excluding carboxylic acids is 2. The van der Waals surface area contributed by atoms with Crippen LogP contribution in [-0.2, 0) is 10.2 Å². The van der Waals surface area contributed by atoms with E-state index < -0.39 is 11.4 Å². The molecule has 4 aliphatic rings. The van der Waals surface area contributed by atoms with Crippen LogP contribution in [0.2, 0.25) is 5.02 Å². The van der Waals surface area contributed by atoms with Crippen molar-refractivity contribution in [2.75, 3.05) is 6.54 Å². The van der Waals surface area contributed by atoms with E-state index in [0.29, 0.717) is 28.6 Å². The van der Waals surface area contributed by atoms with Gasteiger partial charge in [0, 0.05) is 36.4 Å². The predicted molar refractivity (Wildman–Crippen MR) is 124 cm³/mol. The van der Waals surface area contributed by atoms with Gasteiger partial charge in [-0.05, 0) is 71.8 Å². The Morgan fingerprint density at radius 1 is 1.15 bits per heavy atom. The molecule has 2 saturated carbocycles. The number of nitrogens with one attached hydrogen (secondary N) is 2. The van der Waals surface area contributed by atoms with E-state index in [1.54, 1.807) is 0 Å². The standard InChI is InChI=1S/C25H33ClN2O5/c1-13-16-17(25(10-11-25)12-27-21(16)29)18(26)20-19(13)31-24(5,32-20)14-6-8-15(9-7-14)28-22(30)33-23(2,3)4/h14-15H,6-12H2,1-5H3,(H,27,29)(H,28,30). The number of hydrogen-bond donors (Lipinski definition) is 2. The average molecular weight is 477 g/mol. The van der Waals surface area contributed by atoms with Crippen LogP contribution < -0.4 is 20.1 Å². The number of hydrogen-bond acceptors (Lipinski definition) is 5. The minimum absolute atomic E-state index is 0.0616. The summed E-state index contributed by atoms with van der Waals surface area (Å²) in [6.07, 6.45) is 4.97. The Kier molecular flexibility index (Phi) is 5.09. The van der Waals surface area contributed by atoms with Crippen molar-refractivity contribution in [3.63, 3.8) is 0 Å². The highest BCUT2D eigenvalue weighted by atomic mass is 35.5. The van der Waals surface area contributed by atoms with Gasteiger partial charge >= 0.3 is 6.09 Å². The fourth-order valence-corrected chi connectivity index (χ4v) is 6.04. The lowest BCUT2D eigenvalue weighted by Gasteiger charge is -2.37. The zero-order valence-electron chi connectivity index (χ0n) is 20.0. The number of halogens is 1. The summed E-state index contributed by atoms with van der Waals surface area (Å²) in [6.45, 7) is 10.1. The molecule has 5 rings (SSSR count). The van der Waals surface area contributed by atoms with Crippen molar-refractivity contribution >= 4 is 23.6 Å². The van der Waals surface area contributed by atoms with Gasteiger partial charge in [0.1, 0.15) is 5.60 Å². The van der Waals surface area contributed by atoms with Gasteiger partial charge in [-0.2, -0.15) is 0 Å². The van der Waals surface area contributed by atoms with Crippen molar-refractivity contribution in [1.82, 2.24) is 10.6 Å². The molecule has 1 spiro atoms. The third kappa shape index (κ3) is 3.82. The van der Waals surface area contributed by atoms with E-state index >= 15 is 0 Å². The summed E-state index contributed by atoms with van der Waals surface area (Å²) < 4.78 is 18.3. The molecule has 1 aromatic rings. The molecule has 2 heterocycles. The highest BCUT2D eigenvalue weighted by Crippen LogP contribution is 2.60. The molecule has 8 heteroatoms. The lowest BCUT2D eigenvalue weighted by atomic mass is 9.81. The lowest BCUT2D eigenvalue weighted by Crippen LogP contribution is -2.48. The van der Waals surface area contributed by atoms with Crippen LogP contribution in [0.3, 0.4) is 0 Å².